The van der Waals surface area contributed by atoms with Crippen molar-refractivity contribution in [1.82, 2.24) is 4.98 Å². The van der Waals surface area contributed by atoms with Gasteiger partial charge in [0.1, 0.15) is 10.6 Å². The number of carboxylic acids is 1. The van der Waals surface area contributed by atoms with Gasteiger partial charge in [0.25, 0.3) is 10.0 Å². The molecule has 0 aliphatic carbocycles. The van der Waals surface area contributed by atoms with E-state index in [0.717, 1.165) is 11.6 Å². The number of aryl methyl sites for hydroxylation is 1. The highest BCUT2D eigenvalue weighted by molar-refractivity contribution is 7.92. The summed E-state index contributed by atoms with van der Waals surface area (Å²) in [6.07, 6.45) is 1.21. The number of sulfonamides is 1. The molecule has 6 nitrogen and oxygen atoms in total. The van der Waals surface area contributed by atoms with Gasteiger partial charge in [-0.3, -0.25) is 4.72 Å². The average Bonchev–Trinajstić information content (AvgIpc) is 2.37. The summed E-state index contributed by atoms with van der Waals surface area (Å²) in [6.45, 7) is 1.79. The number of rotatable bonds is 4. The number of halogens is 1. The first-order valence-electron chi connectivity index (χ1n) is 5.78. The first-order valence-corrected chi connectivity index (χ1v) is 7.64. The Morgan fingerprint density at radius 1 is 1.29 bits per heavy atom. The van der Waals surface area contributed by atoms with Crippen molar-refractivity contribution in [3.05, 3.63) is 52.8 Å². The number of aromatic carboxylic acids is 1. The fourth-order valence-corrected chi connectivity index (χ4v) is 3.29. The summed E-state index contributed by atoms with van der Waals surface area (Å²) in [5, 5.41) is 8.93. The van der Waals surface area contributed by atoms with E-state index in [1.54, 1.807) is 13.0 Å². The van der Waals surface area contributed by atoms with Gasteiger partial charge in [-0.25, -0.2) is 18.2 Å². The zero-order valence-electron chi connectivity index (χ0n) is 10.9. The number of benzene rings is 1. The Morgan fingerprint density at radius 3 is 2.62 bits per heavy atom. The fraction of sp³-hybridized carbons (Fsp3) is 0.0769. The van der Waals surface area contributed by atoms with Crippen LogP contribution in [0.1, 0.15) is 16.1 Å². The van der Waals surface area contributed by atoms with E-state index in [-0.39, 0.29) is 21.3 Å². The maximum Gasteiger partial charge on any atom is 0.354 e. The maximum absolute atomic E-state index is 12.3. The lowest BCUT2D eigenvalue weighted by atomic mass is 10.2. The van der Waals surface area contributed by atoms with E-state index in [9.17, 15) is 13.2 Å². The first kappa shape index (κ1) is 15.3. The van der Waals surface area contributed by atoms with Crippen molar-refractivity contribution >= 4 is 33.3 Å². The molecule has 1 aromatic heterocycles. The van der Waals surface area contributed by atoms with Crippen molar-refractivity contribution in [1.29, 1.82) is 0 Å². The van der Waals surface area contributed by atoms with Gasteiger partial charge in [-0.2, -0.15) is 0 Å². The molecule has 0 aliphatic heterocycles. The van der Waals surface area contributed by atoms with E-state index >= 15 is 0 Å². The van der Waals surface area contributed by atoms with E-state index < -0.39 is 16.0 Å². The van der Waals surface area contributed by atoms with Crippen molar-refractivity contribution < 1.29 is 18.3 Å². The molecule has 1 aromatic carbocycles. The van der Waals surface area contributed by atoms with Crippen LogP contribution in [0.15, 0.2) is 41.4 Å². The molecular weight excluding hydrogens is 316 g/mol. The number of pyridine rings is 1. The Morgan fingerprint density at radius 2 is 2.00 bits per heavy atom. The molecule has 1 heterocycles. The summed E-state index contributed by atoms with van der Waals surface area (Å²) in [4.78, 5) is 14.3. The normalized spacial score (nSPS) is 11.1. The number of nitrogens with zero attached hydrogens (tertiary/aromatic N) is 1. The molecule has 0 radical (unpaired) electrons. The van der Waals surface area contributed by atoms with Crippen molar-refractivity contribution in [2.24, 2.45) is 0 Å². The third-order valence-corrected chi connectivity index (χ3v) is 4.47. The minimum atomic E-state index is -3.91. The zero-order chi connectivity index (χ0) is 15.6. The van der Waals surface area contributed by atoms with Crippen molar-refractivity contribution in [3.8, 4) is 0 Å². The molecule has 0 aliphatic rings. The van der Waals surface area contributed by atoms with Gasteiger partial charge >= 0.3 is 5.97 Å². The molecule has 21 heavy (non-hydrogen) atoms. The Bertz CT molecular complexity index is 806. The molecule has 0 unspecified atom stereocenters. The third-order valence-electron chi connectivity index (χ3n) is 2.61. The van der Waals surface area contributed by atoms with Gasteiger partial charge in [0.2, 0.25) is 0 Å². The van der Waals surface area contributed by atoms with Crippen LogP contribution in [0, 0.1) is 6.92 Å². The Labute approximate surface area is 126 Å². The minimum absolute atomic E-state index is 0.0801. The van der Waals surface area contributed by atoms with Crippen LogP contribution in [-0.4, -0.2) is 24.5 Å². The Kier molecular flexibility index (Phi) is 4.15. The highest BCUT2D eigenvalue weighted by atomic mass is 35.5. The van der Waals surface area contributed by atoms with Gasteiger partial charge in [0, 0.05) is 6.20 Å². The average molecular weight is 327 g/mol. The molecule has 2 N–H and O–H groups in total. The molecule has 2 aromatic rings. The van der Waals surface area contributed by atoms with Crippen LogP contribution < -0.4 is 4.72 Å². The van der Waals surface area contributed by atoms with E-state index in [2.05, 4.69) is 9.71 Å². The second kappa shape index (κ2) is 5.71. The smallest absolute Gasteiger partial charge is 0.354 e. The van der Waals surface area contributed by atoms with Crippen molar-refractivity contribution in [3.63, 3.8) is 0 Å². The number of hydrogen-bond donors (Lipinski definition) is 2. The summed E-state index contributed by atoms with van der Waals surface area (Å²) >= 11 is 5.94. The molecule has 0 saturated heterocycles. The van der Waals surface area contributed by atoms with Gasteiger partial charge in [0.05, 0.1) is 10.7 Å². The second-order valence-electron chi connectivity index (χ2n) is 4.27. The molecule has 0 spiro atoms. The fourth-order valence-electron chi connectivity index (χ4n) is 1.64. The summed E-state index contributed by atoms with van der Waals surface area (Å²) in [5.41, 5.74) is 0.667. The van der Waals surface area contributed by atoms with E-state index in [4.69, 9.17) is 16.7 Å². The summed E-state index contributed by atoms with van der Waals surface area (Å²) in [6, 6.07) is 7.02. The number of carboxylic acid groups (broad SMARTS) is 1. The molecule has 2 rings (SSSR count). The monoisotopic (exact) mass is 326 g/mol. The summed E-state index contributed by atoms with van der Waals surface area (Å²) in [5.74, 6) is -1.25. The minimum Gasteiger partial charge on any atom is -0.477 e. The molecule has 0 fully saturated rings. The first-order chi connectivity index (χ1) is 9.79. The van der Waals surface area contributed by atoms with Crippen LogP contribution in [0.5, 0.6) is 0 Å². The lowest BCUT2D eigenvalue weighted by Gasteiger charge is -2.10. The topological polar surface area (TPSA) is 96.4 Å². The van der Waals surface area contributed by atoms with Crippen LogP contribution in [0.3, 0.4) is 0 Å². The van der Waals surface area contributed by atoms with E-state index in [0.29, 0.717) is 0 Å². The molecule has 110 valence electrons. The van der Waals surface area contributed by atoms with Gasteiger partial charge in [-0.1, -0.05) is 17.7 Å². The zero-order valence-corrected chi connectivity index (χ0v) is 12.4. The van der Waals surface area contributed by atoms with Gasteiger partial charge in [-0.15, -0.1) is 0 Å². The maximum atomic E-state index is 12.3. The molecule has 0 saturated carbocycles. The summed E-state index contributed by atoms with van der Waals surface area (Å²) in [7, 11) is -3.91. The molecule has 8 heteroatoms. The van der Waals surface area contributed by atoms with Crippen LogP contribution in [0.2, 0.25) is 5.02 Å². The van der Waals surface area contributed by atoms with E-state index in [1.807, 2.05) is 0 Å². The lowest BCUT2D eigenvalue weighted by Crippen LogP contribution is -2.14. The molecule has 0 bridgehead atoms. The standard InChI is InChI=1S/C13H11ClN2O4S/c1-8-2-3-12(10(14)6-8)21(19,20)16-9-4-5-15-11(7-9)13(17)18/h2-7H,1H3,(H,15,16)(H,17,18). The lowest BCUT2D eigenvalue weighted by molar-refractivity contribution is 0.0690. The predicted octanol–water partition coefficient (Wildman–Crippen LogP) is 2.54. The number of hydrogen-bond acceptors (Lipinski definition) is 4. The largest absolute Gasteiger partial charge is 0.477 e. The van der Waals surface area contributed by atoms with Crippen molar-refractivity contribution in [2.75, 3.05) is 4.72 Å². The van der Waals surface area contributed by atoms with Crippen LogP contribution in [0.4, 0.5) is 5.69 Å². The SMILES string of the molecule is Cc1ccc(S(=O)(=O)Nc2ccnc(C(=O)O)c2)c(Cl)c1. The van der Waals surface area contributed by atoms with Gasteiger partial charge < -0.3 is 5.11 Å². The number of aromatic nitrogens is 1. The van der Waals surface area contributed by atoms with Crippen LogP contribution in [-0.2, 0) is 10.0 Å². The highest BCUT2D eigenvalue weighted by Gasteiger charge is 2.18. The van der Waals surface area contributed by atoms with Gasteiger partial charge in [0.15, 0.2) is 0 Å². The van der Waals surface area contributed by atoms with E-state index in [1.165, 1.54) is 24.4 Å². The second-order valence-corrected chi connectivity index (χ2v) is 6.33. The third kappa shape index (κ3) is 3.50. The summed E-state index contributed by atoms with van der Waals surface area (Å²) < 4.78 is 26.8. The highest BCUT2D eigenvalue weighted by Crippen LogP contribution is 2.24. The number of anilines is 1. The Balaban J connectivity index is 2.37. The molecular formula is C13H11ClN2O4S. The molecule has 0 atom stereocenters. The predicted molar refractivity (Wildman–Crippen MR) is 78.2 cm³/mol. The quantitative estimate of drug-likeness (QED) is 0.900. The number of carbonyl (C=O) groups is 1. The number of nitrogens with one attached hydrogen (secondary N) is 1. The van der Waals surface area contributed by atoms with Gasteiger partial charge in [-0.05, 0) is 36.8 Å². The Hall–Kier alpha value is -2.12. The van der Waals surface area contributed by atoms with Crippen LogP contribution >= 0.6 is 11.6 Å². The molecule has 0 amide bonds. The van der Waals surface area contributed by atoms with Crippen LogP contribution in [0.25, 0.3) is 0 Å². The van der Waals surface area contributed by atoms with Crippen molar-refractivity contribution in [2.45, 2.75) is 11.8 Å².